The van der Waals surface area contributed by atoms with E-state index < -0.39 is 18.0 Å². The summed E-state index contributed by atoms with van der Waals surface area (Å²) >= 11 is 0. The molecule has 1 aromatic heterocycles. The highest BCUT2D eigenvalue weighted by molar-refractivity contribution is 5.66. The monoisotopic (exact) mass is 238 g/mol. The summed E-state index contributed by atoms with van der Waals surface area (Å²) in [6.07, 6.45) is -3.73. The first kappa shape index (κ1) is 12.5. The Labute approximate surface area is 88.3 Å². The predicted molar refractivity (Wildman–Crippen MR) is 44.5 cm³/mol. The van der Waals surface area contributed by atoms with Crippen LogP contribution in [0.4, 0.5) is 13.2 Å². The SMILES string of the molecule is O=C(O)CCCCc1nc(C(F)(F)F)no1. The highest BCUT2D eigenvalue weighted by Crippen LogP contribution is 2.26. The second-order valence-corrected chi connectivity index (χ2v) is 3.11. The fraction of sp³-hybridized carbons (Fsp3) is 0.625. The Morgan fingerprint density at radius 2 is 2.06 bits per heavy atom. The molecule has 0 aromatic carbocycles. The lowest BCUT2D eigenvalue weighted by molar-refractivity contribution is -0.146. The molecule has 0 aliphatic carbocycles. The minimum Gasteiger partial charge on any atom is -0.481 e. The zero-order valence-corrected chi connectivity index (χ0v) is 8.12. The summed E-state index contributed by atoms with van der Waals surface area (Å²) in [5, 5.41) is 11.1. The lowest BCUT2D eigenvalue weighted by Crippen LogP contribution is -2.07. The summed E-state index contributed by atoms with van der Waals surface area (Å²) < 4.78 is 40.5. The Kier molecular flexibility index (Phi) is 3.86. The van der Waals surface area contributed by atoms with Crippen LogP contribution in [0.3, 0.4) is 0 Å². The normalized spacial score (nSPS) is 11.7. The molecule has 0 aliphatic heterocycles. The first-order valence-corrected chi connectivity index (χ1v) is 4.51. The van der Waals surface area contributed by atoms with Crippen LogP contribution in [0, 0.1) is 0 Å². The lowest BCUT2D eigenvalue weighted by atomic mass is 10.2. The Morgan fingerprint density at radius 3 is 2.56 bits per heavy atom. The van der Waals surface area contributed by atoms with Gasteiger partial charge in [0.15, 0.2) is 0 Å². The number of hydrogen-bond donors (Lipinski definition) is 1. The van der Waals surface area contributed by atoms with Gasteiger partial charge in [0.05, 0.1) is 0 Å². The van der Waals surface area contributed by atoms with E-state index in [1.807, 2.05) is 0 Å². The largest absolute Gasteiger partial charge is 0.481 e. The number of unbranched alkanes of at least 4 members (excludes halogenated alkanes) is 1. The number of alkyl halides is 3. The topological polar surface area (TPSA) is 76.2 Å². The van der Waals surface area contributed by atoms with Crippen molar-refractivity contribution in [3.8, 4) is 0 Å². The van der Waals surface area contributed by atoms with Crippen molar-refractivity contribution in [3.63, 3.8) is 0 Å². The number of aryl methyl sites for hydroxylation is 1. The average molecular weight is 238 g/mol. The van der Waals surface area contributed by atoms with Gasteiger partial charge in [0.25, 0.3) is 5.82 Å². The first-order valence-electron chi connectivity index (χ1n) is 4.51. The van der Waals surface area contributed by atoms with E-state index >= 15 is 0 Å². The van der Waals surface area contributed by atoms with Gasteiger partial charge in [-0.3, -0.25) is 4.79 Å². The van der Waals surface area contributed by atoms with E-state index in [1.54, 1.807) is 0 Å². The molecule has 0 amide bonds. The highest BCUT2D eigenvalue weighted by Gasteiger charge is 2.37. The maximum absolute atomic E-state index is 12.0. The van der Waals surface area contributed by atoms with Gasteiger partial charge in [0, 0.05) is 12.8 Å². The number of aromatic nitrogens is 2. The number of carboxylic acids is 1. The van der Waals surface area contributed by atoms with Crippen molar-refractivity contribution in [2.75, 3.05) is 0 Å². The second kappa shape index (κ2) is 4.95. The van der Waals surface area contributed by atoms with E-state index in [9.17, 15) is 18.0 Å². The molecule has 1 N–H and O–H groups in total. The zero-order valence-electron chi connectivity index (χ0n) is 8.12. The van der Waals surface area contributed by atoms with Crippen LogP contribution in [0.5, 0.6) is 0 Å². The Bertz CT molecular complexity index is 362. The molecule has 0 aliphatic rings. The molecule has 0 fully saturated rings. The van der Waals surface area contributed by atoms with Gasteiger partial charge in [-0.05, 0) is 12.8 Å². The molecular weight excluding hydrogens is 229 g/mol. The Morgan fingerprint density at radius 1 is 1.38 bits per heavy atom. The van der Waals surface area contributed by atoms with Crippen molar-refractivity contribution in [1.29, 1.82) is 0 Å². The van der Waals surface area contributed by atoms with Crippen molar-refractivity contribution in [1.82, 2.24) is 10.1 Å². The van der Waals surface area contributed by atoms with Crippen LogP contribution in [0.15, 0.2) is 4.52 Å². The molecule has 8 heteroatoms. The van der Waals surface area contributed by atoms with Crippen LogP contribution in [0.1, 0.15) is 31.0 Å². The van der Waals surface area contributed by atoms with Crippen molar-refractivity contribution >= 4 is 5.97 Å². The number of hydrogen-bond acceptors (Lipinski definition) is 4. The molecule has 0 bridgehead atoms. The molecular formula is C8H9F3N2O3. The number of carbonyl (C=O) groups is 1. The smallest absolute Gasteiger partial charge is 0.455 e. The van der Waals surface area contributed by atoms with Crippen LogP contribution in [0.25, 0.3) is 0 Å². The summed E-state index contributed by atoms with van der Waals surface area (Å²) in [5.41, 5.74) is 0. The zero-order chi connectivity index (χ0) is 12.2. The van der Waals surface area contributed by atoms with Crippen molar-refractivity contribution in [3.05, 3.63) is 11.7 Å². The standard InChI is InChI=1S/C8H9F3N2O3/c9-8(10,11)7-12-5(16-13-7)3-1-2-4-6(14)15/h1-4H2,(H,14,15). The molecule has 0 radical (unpaired) electrons. The molecule has 0 saturated carbocycles. The minimum absolute atomic E-state index is 0.0275. The molecule has 1 aromatic rings. The number of aliphatic carboxylic acids is 1. The van der Waals surface area contributed by atoms with Gasteiger partial charge >= 0.3 is 12.1 Å². The van der Waals surface area contributed by atoms with E-state index in [0.717, 1.165) is 0 Å². The number of halogens is 3. The molecule has 16 heavy (non-hydrogen) atoms. The van der Waals surface area contributed by atoms with Crippen LogP contribution in [0.2, 0.25) is 0 Å². The number of carboxylic acid groups (broad SMARTS) is 1. The molecule has 1 heterocycles. The van der Waals surface area contributed by atoms with Gasteiger partial charge in [0.1, 0.15) is 0 Å². The second-order valence-electron chi connectivity index (χ2n) is 3.11. The van der Waals surface area contributed by atoms with Gasteiger partial charge in [-0.15, -0.1) is 0 Å². The molecule has 0 atom stereocenters. The Balaban J connectivity index is 2.38. The lowest BCUT2D eigenvalue weighted by Gasteiger charge is -1.96. The molecule has 0 unspecified atom stereocenters. The summed E-state index contributed by atoms with van der Waals surface area (Å²) in [6, 6.07) is 0. The average Bonchev–Trinajstić information content (AvgIpc) is 2.59. The van der Waals surface area contributed by atoms with Gasteiger partial charge < -0.3 is 9.63 Å². The van der Waals surface area contributed by atoms with Gasteiger partial charge in [-0.2, -0.15) is 18.2 Å². The predicted octanol–water partition coefficient (Wildman–Crippen LogP) is 1.89. The van der Waals surface area contributed by atoms with Crippen molar-refractivity contribution < 1.29 is 27.6 Å². The Hall–Kier alpha value is -1.60. The van der Waals surface area contributed by atoms with Crippen molar-refractivity contribution in [2.24, 2.45) is 0 Å². The number of nitrogens with zero attached hydrogens (tertiary/aromatic N) is 2. The molecule has 5 nitrogen and oxygen atoms in total. The van der Waals surface area contributed by atoms with Crippen LogP contribution in [-0.4, -0.2) is 21.2 Å². The van der Waals surface area contributed by atoms with E-state index in [2.05, 4.69) is 14.7 Å². The third kappa shape index (κ3) is 3.87. The van der Waals surface area contributed by atoms with Crippen LogP contribution >= 0.6 is 0 Å². The van der Waals surface area contributed by atoms with E-state index in [0.29, 0.717) is 12.8 Å². The van der Waals surface area contributed by atoms with Crippen LogP contribution in [-0.2, 0) is 17.4 Å². The maximum atomic E-state index is 12.0. The third-order valence-electron chi connectivity index (χ3n) is 1.75. The molecule has 0 spiro atoms. The summed E-state index contributed by atoms with van der Waals surface area (Å²) in [5.74, 6) is -2.38. The highest BCUT2D eigenvalue weighted by atomic mass is 19.4. The quantitative estimate of drug-likeness (QED) is 0.792. The van der Waals surface area contributed by atoms with E-state index in [-0.39, 0.29) is 18.7 Å². The summed E-state index contributed by atoms with van der Waals surface area (Å²) in [7, 11) is 0. The summed E-state index contributed by atoms with van der Waals surface area (Å²) in [4.78, 5) is 13.3. The fourth-order valence-electron chi connectivity index (χ4n) is 1.02. The van der Waals surface area contributed by atoms with E-state index in [1.165, 1.54) is 0 Å². The molecule has 90 valence electrons. The minimum atomic E-state index is -4.61. The maximum Gasteiger partial charge on any atom is 0.455 e. The molecule has 1 rings (SSSR count). The summed E-state index contributed by atoms with van der Waals surface area (Å²) in [6.45, 7) is 0. The fourth-order valence-corrected chi connectivity index (χ4v) is 1.02. The third-order valence-corrected chi connectivity index (χ3v) is 1.75. The number of rotatable bonds is 5. The van der Waals surface area contributed by atoms with Gasteiger partial charge in [-0.1, -0.05) is 5.16 Å². The van der Waals surface area contributed by atoms with Crippen LogP contribution < -0.4 is 0 Å². The van der Waals surface area contributed by atoms with Gasteiger partial charge in [-0.25, -0.2) is 0 Å². The van der Waals surface area contributed by atoms with Crippen molar-refractivity contribution in [2.45, 2.75) is 31.9 Å². The molecule has 0 saturated heterocycles. The van der Waals surface area contributed by atoms with Gasteiger partial charge in [0.2, 0.25) is 5.89 Å². The first-order chi connectivity index (χ1) is 7.39. The van der Waals surface area contributed by atoms with E-state index in [4.69, 9.17) is 5.11 Å².